The number of aromatic nitrogens is 1. The second-order valence-electron chi connectivity index (χ2n) is 5.56. The summed E-state index contributed by atoms with van der Waals surface area (Å²) in [6.07, 6.45) is 5.05. The van der Waals surface area contributed by atoms with Gasteiger partial charge in [0.05, 0.1) is 18.2 Å². The molecule has 0 saturated heterocycles. The van der Waals surface area contributed by atoms with Gasteiger partial charge in [0.1, 0.15) is 0 Å². The first-order chi connectivity index (χ1) is 11.1. The smallest absolute Gasteiger partial charge is 0.251 e. The number of hydrogen-bond donors (Lipinski definition) is 1. The van der Waals surface area contributed by atoms with Gasteiger partial charge in [-0.25, -0.2) is 0 Å². The number of benzene rings is 1. The number of amides is 1. The third kappa shape index (κ3) is 3.48. The van der Waals surface area contributed by atoms with Crippen LogP contribution in [-0.2, 0) is 6.54 Å². The molecule has 0 aliphatic rings. The molecule has 1 amide bonds. The van der Waals surface area contributed by atoms with Gasteiger partial charge >= 0.3 is 0 Å². The molecule has 1 aromatic carbocycles. The molecular formula is C19H18N2O2. The molecule has 4 heteroatoms. The molecule has 1 N–H and O–H groups in total. The van der Waals surface area contributed by atoms with Crippen LogP contribution in [0, 0.1) is 13.8 Å². The molecule has 3 rings (SSSR count). The largest absolute Gasteiger partial charge is 0.472 e. The predicted molar refractivity (Wildman–Crippen MR) is 89.0 cm³/mol. The minimum Gasteiger partial charge on any atom is -0.472 e. The van der Waals surface area contributed by atoms with Gasteiger partial charge < -0.3 is 9.73 Å². The van der Waals surface area contributed by atoms with E-state index in [2.05, 4.69) is 10.3 Å². The lowest BCUT2D eigenvalue weighted by Crippen LogP contribution is -2.23. The van der Waals surface area contributed by atoms with Crippen LogP contribution in [0.2, 0.25) is 0 Å². The molecule has 0 spiro atoms. The predicted octanol–water partition coefficient (Wildman–Crippen LogP) is 3.89. The van der Waals surface area contributed by atoms with E-state index >= 15 is 0 Å². The molecule has 3 aromatic rings. The van der Waals surface area contributed by atoms with E-state index in [9.17, 15) is 4.79 Å². The van der Waals surface area contributed by atoms with E-state index in [0.29, 0.717) is 12.1 Å². The minimum absolute atomic E-state index is 0.0681. The van der Waals surface area contributed by atoms with Gasteiger partial charge in [0, 0.05) is 23.9 Å². The normalized spacial score (nSPS) is 10.5. The van der Waals surface area contributed by atoms with Crippen molar-refractivity contribution in [2.75, 3.05) is 0 Å². The summed E-state index contributed by atoms with van der Waals surface area (Å²) in [5.74, 6) is -0.0681. The van der Waals surface area contributed by atoms with Gasteiger partial charge in [-0.05, 0) is 43.2 Å². The first-order valence-electron chi connectivity index (χ1n) is 7.46. The van der Waals surface area contributed by atoms with Crippen molar-refractivity contribution in [3.63, 3.8) is 0 Å². The SMILES string of the molecule is Cc1ccc(C(=O)NCc2ccc(-c3ccoc3)nc2)c(C)c1. The van der Waals surface area contributed by atoms with Crippen LogP contribution >= 0.6 is 0 Å². The number of carbonyl (C=O) groups excluding carboxylic acids is 1. The van der Waals surface area contributed by atoms with E-state index in [1.807, 2.05) is 50.2 Å². The van der Waals surface area contributed by atoms with Crippen LogP contribution in [0.1, 0.15) is 27.0 Å². The number of rotatable bonds is 4. The summed E-state index contributed by atoms with van der Waals surface area (Å²) in [6.45, 7) is 4.41. The lowest BCUT2D eigenvalue weighted by atomic mass is 10.1. The maximum absolute atomic E-state index is 12.3. The number of carbonyl (C=O) groups is 1. The van der Waals surface area contributed by atoms with E-state index < -0.39 is 0 Å². The van der Waals surface area contributed by atoms with Gasteiger partial charge in [0.2, 0.25) is 0 Å². The van der Waals surface area contributed by atoms with Crippen molar-refractivity contribution in [3.8, 4) is 11.3 Å². The van der Waals surface area contributed by atoms with E-state index in [1.165, 1.54) is 0 Å². The summed E-state index contributed by atoms with van der Waals surface area (Å²) in [4.78, 5) is 16.6. The second kappa shape index (κ2) is 6.48. The Morgan fingerprint density at radius 1 is 1.17 bits per heavy atom. The average Bonchev–Trinajstić information content (AvgIpc) is 3.07. The first-order valence-corrected chi connectivity index (χ1v) is 7.46. The van der Waals surface area contributed by atoms with Crippen LogP contribution in [-0.4, -0.2) is 10.9 Å². The average molecular weight is 306 g/mol. The minimum atomic E-state index is -0.0681. The molecule has 116 valence electrons. The Bertz CT molecular complexity index is 806. The molecule has 0 saturated carbocycles. The Kier molecular flexibility index (Phi) is 4.24. The van der Waals surface area contributed by atoms with Gasteiger partial charge in [0.15, 0.2) is 0 Å². The Labute approximate surface area is 135 Å². The standard InChI is InChI=1S/C19H18N2O2/c1-13-3-5-17(14(2)9-13)19(22)21-11-15-4-6-18(20-10-15)16-7-8-23-12-16/h3-10,12H,11H2,1-2H3,(H,21,22). The molecule has 2 heterocycles. The van der Waals surface area contributed by atoms with E-state index in [-0.39, 0.29) is 5.91 Å². The molecular weight excluding hydrogens is 288 g/mol. The van der Waals surface area contributed by atoms with Crippen LogP contribution in [0.15, 0.2) is 59.5 Å². The topological polar surface area (TPSA) is 55.1 Å². The quantitative estimate of drug-likeness (QED) is 0.795. The molecule has 0 fully saturated rings. The third-order valence-corrected chi connectivity index (χ3v) is 3.72. The van der Waals surface area contributed by atoms with E-state index in [1.54, 1.807) is 18.7 Å². The van der Waals surface area contributed by atoms with Crippen molar-refractivity contribution in [2.45, 2.75) is 20.4 Å². The molecule has 23 heavy (non-hydrogen) atoms. The van der Waals surface area contributed by atoms with Crippen molar-refractivity contribution in [1.82, 2.24) is 10.3 Å². The van der Waals surface area contributed by atoms with E-state index in [0.717, 1.165) is 27.9 Å². The van der Waals surface area contributed by atoms with Gasteiger partial charge in [-0.2, -0.15) is 0 Å². The molecule has 0 bridgehead atoms. The van der Waals surface area contributed by atoms with Crippen LogP contribution < -0.4 is 5.32 Å². The summed E-state index contributed by atoms with van der Waals surface area (Å²) in [5, 5.41) is 2.93. The maximum atomic E-state index is 12.3. The first kappa shape index (κ1) is 15.0. The highest BCUT2D eigenvalue weighted by Crippen LogP contribution is 2.17. The Morgan fingerprint density at radius 3 is 2.70 bits per heavy atom. The number of hydrogen-bond acceptors (Lipinski definition) is 3. The van der Waals surface area contributed by atoms with Crippen LogP contribution in [0.5, 0.6) is 0 Å². The van der Waals surface area contributed by atoms with Crippen molar-refractivity contribution < 1.29 is 9.21 Å². The highest BCUT2D eigenvalue weighted by Gasteiger charge is 2.09. The molecule has 0 unspecified atom stereocenters. The molecule has 0 radical (unpaired) electrons. The van der Waals surface area contributed by atoms with Gasteiger partial charge in [0.25, 0.3) is 5.91 Å². The van der Waals surface area contributed by atoms with Crippen molar-refractivity contribution in [3.05, 3.63) is 77.4 Å². The van der Waals surface area contributed by atoms with Crippen molar-refractivity contribution >= 4 is 5.91 Å². The summed E-state index contributed by atoms with van der Waals surface area (Å²) >= 11 is 0. The van der Waals surface area contributed by atoms with Gasteiger partial charge in [-0.3, -0.25) is 9.78 Å². The molecule has 2 aromatic heterocycles. The Morgan fingerprint density at radius 2 is 2.04 bits per heavy atom. The fourth-order valence-electron chi connectivity index (χ4n) is 2.46. The summed E-state index contributed by atoms with van der Waals surface area (Å²) in [7, 11) is 0. The molecule has 0 atom stereocenters. The van der Waals surface area contributed by atoms with Crippen LogP contribution in [0.3, 0.4) is 0 Å². The lowest BCUT2D eigenvalue weighted by molar-refractivity contribution is 0.0950. The van der Waals surface area contributed by atoms with Crippen LogP contribution in [0.4, 0.5) is 0 Å². The summed E-state index contributed by atoms with van der Waals surface area (Å²) in [5.41, 5.74) is 5.59. The number of aryl methyl sites for hydroxylation is 2. The summed E-state index contributed by atoms with van der Waals surface area (Å²) < 4.78 is 5.05. The molecule has 0 aliphatic heterocycles. The van der Waals surface area contributed by atoms with E-state index in [4.69, 9.17) is 4.42 Å². The Balaban J connectivity index is 1.65. The number of nitrogens with zero attached hydrogens (tertiary/aromatic N) is 1. The Hall–Kier alpha value is -2.88. The fourth-order valence-corrected chi connectivity index (χ4v) is 2.46. The summed E-state index contributed by atoms with van der Waals surface area (Å²) in [6, 6.07) is 11.6. The van der Waals surface area contributed by atoms with Crippen molar-refractivity contribution in [1.29, 1.82) is 0 Å². The molecule has 4 nitrogen and oxygen atoms in total. The highest BCUT2D eigenvalue weighted by molar-refractivity contribution is 5.95. The van der Waals surface area contributed by atoms with Crippen molar-refractivity contribution in [2.24, 2.45) is 0 Å². The van der Waals surface area contributed by atoms with Gasteiger partial charge in [-0.15, -0.1) is 0 Å². The third-order valence-electron chi connectivity index (χ3n) is 3.72. The number of furan rings is 1. The lowest BCUT2D eigenvalue weighted by Gasteiger charge is -2.08. The maximum Gasteiger partial charge on any atom is 0.251 e. The van der Waals surface area contributed by atoms with Crippen LogP contribution in [0.25, 0.3) is 11.3 Å². The fraction of sp³-hybridized carbons (Fsp3) is 0.158. The molecule has 0 aliphatic carbocycles. The monoisotopic (exact) mass is 306 g/mol. The zero-order valence-corrected chi connectivity index (χ0v) is 13.2. The highest BCUT2D eigenvalue weighted by atomic mass is 16.3. The van der Waals surface area contributed by atoms with Gasteiger partial charge in [-0.1, -0.05) is 23.8 Å². The number of nitrogens with one attached hydrogen (secondary N) is 1. The zero-order chi connectivity index (χ0) is 16.2. The zero-order valence-electron chi connectivity index (χ0n) is 13.2. The second-order valence-corrected chi connectivity index (χ2v) is 5.56. The number of pyridine rings is 1.